The molecule has 2 aromatic carbocycles. The number of nitrogens with two attached hydrogens (primary N) is 1. The molecule has 0 aliphatic heterocycles. The van der Waals surface area contributed by atoms with Gasteiger partial charge in [-0.2, -0.15) is 0 Å². The Hall–Kier alpha value is -3.94. The molecule has 0 aliphatic rings. The second-order valence-corrected chi connectivity index (χ2v) is 7.86. The Kier molecular flexibility index (Phi) is 6.26. The number of nitrogens with zero attached hydrogens (tertiary/aromatic N) is 3. The van der Waals surface area contributed by atoms with Crippen LogP contribution in [0, 0.1) is 5.92 Å². The molecule has 1 atom stereocenters. The number of ether oxygens (including phenoxy) is 2. The van der Waals surface area contributed by atoms with Crippen molar-refractivity contribution >= 4 is 40.0 Å². The highest BCUT2D eigenvalue weighted by molar-refractivity contribution is 6.09. The van der Waals surface area contributed by atoms with Crippen LogP contribution in [0.1, 0.15) is 47.9 Å². The topological polar surface area (TPSA) is 109 Å². The molecule has 1 unspecified atom stereocenters. The van der Waals surface area contributed by atoms with Gasteiger partial charge >= 0.3 is 11.9 Å². The molecule has 0 saturated heterocycles. The number of rotatable bonds is 7. The lowest BCUT2D eigenvalue weighted by Crippen LogP contribution is -2.13. The van der Waals surface area contributed by atoms with E-state index < -0.39 is 11.9 Å². The molecule has 8 heteroatoms. The Bertz CT molecular complexity index is 1330. The van der Waals surface area contributed by atoms with Gasteiger partial charge in [-0.25, -0.2) is 19.6 Å². The average Bonchev–Trinajstić information content (AvgIpc) is 3.11. The summed E-state index contributed by atoms with van der Waals surface area (Å²) in [6.07, 6.45) is 0.891. The maximum absolute atomic E-state index is 13.1. The normalized spacial score (nSPS) is 12.1. The number of hydrogen-bond donors (Lipinski definition) is 1. The van der Waals surface area contributed by atoms with Gasteiger partial charge in [-0.05, 0) is 49.2 Å². The van der Waals surface area contributed by atoms with Crippen molar-refractivity contribution in [3.63, 3.8) is 0 Å². The van der Waals surface area contributed by atoms with Gasteiger partial charge in [0.2, 0.25) is 0 Å². The summed E-state index contributed by atoms with van der Waals surface area (Å²) in [5, 5.41) is 0. The van der Waals surface area contributed by atoms with Gasteiger partial charge in [-0.3, -0.25) is 4.57 Å². The number of fused-ring (bicyclic) bond motifs is 2. The molecule has 2 N–H and O–H groups in total. The van der Waals surface area contributed by atoms with Crippen LogP contribution >= 0.6 is 0 Å². The zero-order valence-electron chi connectivity index (χ0n) is 18.9. The number of carbonyl (C=O) groups is 2. The smallest absolute Gasteiger partial charge is 0.344 e. The molecule has 33 heavy (non-hydrogen) atoms. The number of anilines is 1. The third-order valence-electron chi connectivity index (χ3n) is 5.53. The zero-order valence-corrected chi connectivity index (χ0v) is 18.9. The molecule has 4 rings (SSSR count). The van der Waals surface area contributed by atoms with Crippen LogP contribution < -0.4 is 5.73 Å². The first-order chi connectivity index (χ1) is 15.9. The monoisotopic (exact) mass is 446 g/mol. The van der Waals surface area contributed by atoms with E-state index in [0.717, 1.165) is 6.42 Å². The highest BCUT2D eigenvalue weighted by Gasteiger charge is 2.26. The van der Waals surface area contributed by atoms with Crippen molar-refractivity contribution in [1.29, 1.82) is 0 Å². The minimum atomic E-state index is -0.538. The largest absolute Gasteiger partial charge is 0.462 e. The van der Waals surface area contributed by atoms with Crippen molar-refractivity contribution < 1.29 is 19.1 Å². The van der Waals surface area contributed by atoms with Crippen molar-refractivity contribution in [2.45, 2.75) is 27.2 Å². The van der Waals surface area contributed by atoms with Crippen molar-refractivity contribution in [3.05, 3.63) is 59.7 Å². The number of aromatic nitrogens is 3. The Morgan fingerprint density at radius 2 is 1.64 bits per heavy atom. The van der Waals surface area contributed by atoms with Gasteiger partial charge in [-0.15, -0.1) is 0 Å². The minimum absolute atomic E-state index is 0.179. The third kappa shape index (κ3) is 4.24. The third-order valence-corrected chi connectivity index (χ3v) is 5.53. The fourth-order valence-electron chi connectivity index (χ4n) is 3.49. The number of benzene rings is 2. The van der Waals surface area contributed by atoms with Crippen LogP contribution in [0.4, 0.5) is 5.82 Å². The first kappa shape index (κ1) is 22.3. The lowest BCUT2D eigenvalue weighted by atomic mass is 10.1. The SMILES string of the molecule is CCOC(=O)c1ccc(-n2c(N)c(C(=O)OCC(C)CC)c3nc4ccccc4nc32)cc1. The van der Waals surface area contributed by atoms with E-state index in [2.05, 4.69) is 4.98 Å². The summed E-state index contributed by atoms with van der Waals surface area (Å²) in [4.78, 5) is 34.5. The van der Waals surface area contributed by atoms with E-state index in [9.17, 15) is 9.59 Å². The van der Waals surface area contributed by atoms with Gasteiger partial charge in [0.25, 0.3) is 0 Å². The number of carbonyl (C=O) groups excluding carboxylic acids is 2. The van der Waals surface area contributed by atoms with E-state index in [0.29, 0.717) is 40.1 Å². The highest BCUT2D eigenvalue weighted by atomic mass is 16.5. The van der Waals surface area contributed by atoms with Crippen LogP contribution in [-0.2, 0) is 9.47 Å². The summed E-state index contributed by atoms with van der Waals surface area (Å²) >= 11 is 0. The van der Waals surface area contributed by atoms with E-state index >= 15 is 0 Å². The molecule has 0 spiro atoms. The fourth-order valence-corrected chi connectivity index (χ4v) is 3.49. The number of esters is 2. The summed E-state index contributed by atoms with van der Waals surface area (Å²) in [6.45, 7) is 6.38. The van der Waals surface area contributed by atoms with Crippen LogP contribution in [0.3, 0.4) is 0 Å². The summed E-state index contributed by atoms with van der Waals surface area (Å²) < 4.78 is 12.3. The van der Waals surface area contributed by atoms with Gasteiger partial charge in [0.05, 0.1) is 29.8 Å². The van der Waals surface area contributed by atoms with E-state index in [1.807, 2.05) is 38.1 Å². The second kappa shape index (κ2) is 9.28. The molecule has 0 radical (unpaired) electrons. The van der Waals surface area contributed by atoms with E-state index in [1.54, 1.807) is 35.8 Å². The predicted octanol–water partition coefficient (Wildman–Crippen LogP) is 4.54. The number of hydrogen-bond acceptors (Lipinski definition) is 7. The van der Waals surface area contributed by atoms with Gasteiger partial charge in [0, 0.05) is 5.69 Å². The van der Waals surface area contributed by atoms with Gasteiger partial charge < -0.3 is 15.2 Å². The maximum atomic E-state index is 13.1. The highest BCUT2D eigenvalue weighted by Crippen LogP contribution is 2.31. The maximum Gasteiger partial charge on any atom is 0.344 e. The first-order valence-corrected chi connectivity index (χ1v) is 11.0. The Labute approximate surface area is 191 Å². The molecule has 0 fully saturated rings. The second-order valence-electron chi connectivity index (χ2n) is 7.86. The summed E-state index contributed by atoms with van der Waals surface area (Å²) in [5.74, 6) is -0.539. The summed E-state index contributed by atoms with van der Waals surface area (Å²) in [6, 6.07) is 14.2. The van der Waals surface area contributed by atoms with Crippen LogP contribution in [-0.4, -0.2) is 39.7 Å². The minimum Gasteiger partial charge on any atom is -0.462 e. The first-order valence-electron chi connectivity index (χ1n) is 11.0. The van der Waals surface area contributed by atoms with Crippen molar-refractivity contribution in [2.24, 2.45) is 5.92 Å². The number of nitrogen functional groups attached to an aromatic ring is 1. The summed E-state index contributed by atoms with van der Waals surface area (Å²) in [5.41, 5.74) is 9.85. The zero-order chi connectivity index (χ0) is 23.5. The average molecular weight is 447 g/mol. The standard InChI is InChI=1S/C25H26N4O4/c1-4-15(3)14-33-25(31)20-21-23(28-19-9-7-6-8-18(19)27-21)29(22(20)26)17-12-10-16(11-13-17)24(30)32-5-2/h6-13,15H,4-5,14,26H2,1-3H3. The number of para-hydroxylation sites is 2. The van der Waals surface area contributed by atoms with Gasteiger partial charge in [0.15, 0.2) is 5.65 Å². The van der Waals surface area contributed by atoms with Crippen LogP contribution in [0.25, 0.3) is 27.9 Å². The van der Waals surface area contributed by atoms with Crippen LogP contribution in [0.5, 0.6) is 0 Å². The molecular formula is C25H26N4O4. The lowest BCUT2D eigenvalue weighted by molar-refractivity contribution is 0.0449. The van der Waals surface area contributed by atoms with Crippen molar-refractivity contribution in [1.82, 2.24) is 14.5 Å². The van der Waals surface area contributed by atoms with Gasteiger partial charge in [0.1, 0.15) is 16.9 Å². The predicted molar refractivity (Wildman–Crippen MR) is 126 cm³/mol. The van der Waals surface area contributed by atoms with Crippen LogP contribution in [0.2, 0.25) is 0 Å². The Morgan fingerprint density at radius 1 is 0.970 bits per heavy atom. The molecule has 2 aromatic heterocycles. The molecule has 0 bridgehead atoms. The molecular weight excluding hydrogens is 420 g/mol. The van der Waals surface area contributed by atoms with Crippen molar-refractivity contribution in [3.8, 4) is 5.69 Å². The fraction of sp³-hybridized carbons (Fsp3) is 0.280. The lowest BCUT2D eigenvalue weighted by Gasteiger charge is -2.10. The van der Waals surface area contributed by atoms with Crippen molar-refractivity contribution in [2.75, 3.05) is 18.9 Å². The Morgan fingerprint density at radius 3 is 2.27 bits per heavy atom. The molecule has 2 heterocycles. The molecule has 170 valence electrons. The quantitative estimate of drug-likeness (QED) is 0.415. The van der Waals surface area contributed by atoms with Crippen LogP contribution in [0.15, 0.2) is 48.5 Å². The van der Waals surface area contributed by atoms with Gasteiger partial charge in [-0.1, -0.05) is 32.4 Å². The molecule has 0 amide bonds. The summed E-state index contributed by atoms with van der Waals surface area (Å²) in [7, 11) is 0. The van der Waals surface area contributed by atoms with E-state index in [4.69, 9.17) is 20.2 Å². The van der Waals surface area contributed by atoms with E-state index in [1.165, 1.54) is 0 Å². The molecule has 0 aliphatic carbocycles. The van der Waals surface area contributed by atoms with E-state index in [-0.39, 0.29) is 23.9 Å². The molecule has 4 aromatic rings. The Balaban J connectivity index is 1.87. The molecule has 8 nitrogen and oxygen atoms in total. The molecule has 0 saturated carbocycles.